The molecule has 0 heterocycles. The fraction of sp³-hybridized carbons (Fsp3) is 0.296. The topological polar surface area (TPSA) is 23.8 Å². The second-order valence-electron chi connectivity index (χ2n) is 8.25. The summed E-state index contributed by atoms with van der Waals surface area (Å²) in [6.07, 6.45) is 7.89. The Morgan fingerprint density at radius 3 is 2.19 bits per heavy atom. The van der Waals surface area contributed by atoms with Crippen LogP contribution in [0, 0.1) is 28.8 Å². The first-order chi connectivity index (χ1) is 15.0. The average molecular weight is 419 g/mol. The molecule has 0 aliphatic heterocycles. The van der Waals surface area contributed by atoms with Gasteiger partial charge in [0, 0.05) is 5.56 Å². The van der Waals surface area contributed by atoms with Crippen LogP contribution in [-0.4, -0.2) is 0 Å². The van der Waals surface area contributed by atoms with E-state index >= 15 is 0 Å². The van der Waals surface area contributed by atoms with Gasteiger partial charge in [-0.2, -0.15) is 5.26 Å². The third-order valence-electron chi connectivity index (χ3n) is 6.07. The Morgan fingerprint density at radius 2 is 1.48 bits per heavy atom. The van der Waals surface area contributed by atoms with Crippen LogP contribution >= 0.6 is 0 Å². The minimum atomic E-state index is -0.982. The molecule has 0 radical (unpaired) electrons. The summed E-state index contributed by atoms with van der Waals surface area (Å²) in [7, 11) is 0. The Bertz CT molecular complexity index is 1150. The monoisotopic (exact) mass is 419 g/mol. The molecule has 1 aliphatic carbocycles. The number of hydrogen-bond acceptors (Lipinski definition) is 1. The quantitative estimate of drug-likeness (QED) is 0.281. The summed E-state index contributed by atoms with van der Waals surface area (Å²) in [5, 5.41) is 8.85. The first kappa shape index (κ1) is 21.2. The Balaban J connectivity index is 1.59. The van der Waals surface area contributed by atoms with Gasteiger partial charge >= 0.3 is 0 Å². The predicted molar refractivity (Wildman–Crippen MR) is 117 cm³/mol. The van der Waals surface area contributed by atoms with E-state index in [2.05, 4.69) is 25.1 Å². The fourth-order valence-electron chi connectivity index (χ4n) is 4.42. The lowest BCUT2D eigenvalue weighted by Gasteiger charge is -2.09. The lowest BCUT2D eigenvalue weighted by Crippen LogP contribution is -1.95. The second-order valence-corrected chi connectivity index (χ2v) is 8.25. The van der Waals surface area contributed by atoms with Crippen molar-refractivity contribution < 1.29 is 13.2 Å². The molecule has 0 amide bonds. The third kappa shape index (κ3) is 4.23. The number of aryl methyl sites for hydroxylation is 1. The Morgan fingerprint density at radius 1 is 0.774 bits per heavy atom. The van der Waals surface area contributed by atoms with Crippen LogP contribution in [-0.2, 0) is 12.8 Å². The lowest BCUT2D eigenvalue weighted by molar-refractivity contribution is 0.577. The molecular formula is C27H24F3N. The number of benzene rings is 3. The van der Waals surface area contributed by atoms with E-state index in [0.29, 0.717) is 6.42 Å². The predicted octanol–water partition coefficient (Wildman–Crippen LogP) is 7.73. The van der Waals surface area contributed by atoms with Crippen LogP contribution in [0.15, 0.2) is 42.5 Å². The van der Waals surface area contributed by atoms with Crippen LogP contribution in [0.2, 0.25) is 0 Å². The van der Waals surface area contributed by atoms with E-state index in [9.17, 15) is 13.2 Å². The van der Waals surface area contributed by atoms with Gasteiger partial charge in [-0.3, -0.25) is 0 Å². The van der Waals surface area contributed by atoms with Crippen molar-refractivity contribution in [2.45, 2.75) is 51.9 Å². The zero-order valence-electron chi connectivity index (χ0n) is 17.6. The summed E-state index contributed by atoms with van der Waals surface area (Å²) < 4.78 is 43.0. The van der Waals surface area contributed by atoms with E-state index in [4.69, 9.17) is 5.26 Å². The fourth-order valence-corrected chi connectivity index (χ4v) is 4.42. The molecule has 158 valence electrons. The number of nitrogens with zero attached hydrogens (tertiary/aromatic N) is 1. The minimum Gasteiger partial charge on any atom is -0.206 e. The van der Waals surface area contributed by atoms with Crippen molar-refractivity contribution in [2.75, 3.05) is 0 Å². The van der Waals surface area contributed by atoms with Gasteiger partial charge in [-0.25, -0.2) is 13.2 Å². The van der Waals surface area contributed by atoms with Gasteiger partial charge in [-0.1, -0.05) is 50.8 Å². The summed E-state index contributed by atoms with van der Waals surface area (Å²) in [6, 6.07) is 13.0. The minimum absolute atomic E-state index is 0.0954. The van der Waals surface area contributed by atoms with Gasteiger partial charge in [-0.05, 0) is 76.9 Å². The average Bonchev–Trinajstić information content (AvgIpc) is 3.09. The van der Waals surface area contributed by atoms with Crippen LogP contribution in [0.1, 0.15) is 61.3 Å². The highest BCUT2D eigenvalue weighted by Gasteiger charge is 2.22. The van der Waals surface area contributed by atoms with E-state index in [1.807, 2.05) is 0 Å². The molecule has 0 fully saturated rings. The van der Waals surface area contributed by atoms with E-state index in [0.717, 1.165) is 40.8 Å². The van der Waals surface area contributed by atoms with Crippen molar-refractivity contribution >= 4 is 0 Å². The van der Waals surface area contributed by atoms with E-state index in [1.54, 1.807) is 6.07 Å². The number of fused-ring (bicyclic) bond motifs is 3. The SMILES string of the molecule is CCCCCCCc1ccc2c(c1)Cc1cc(-c3cc(F)c(C#N)c(F)c3)c(F)cc1-2. The van der Waals surface area contributed by atoms with Gasteiger partial charge in [-0.15, -0.1) is 0 Å². The number of unbranched alkanes of at least 4 members (excludes halogenated alkanes) is 4. The van der Waals surface area contributed by atoms with E-state index < -0.39 is 23.0 Å². The van der Waals surface area contributed by atoms with Crippen LogP contribution in [0.4, 0.5) is 13.2 Å². The second kappa shape index (κ2) is 8.98. The molecule has 3 aromatic rings. The van der Waals surface area contributed by atoms with Gasteiger partial charge in [0.15, 0.2) is 0 Å². The molecule has 0 atom stereocenters. The van der Waals surface area contributed by atoms with Gasteiger partial charge in [0.2, 0.25) is 0 Å². The Labute approximate surface area is 181 Å². The molecule has 0 saturated heterocycles. The van der Waals surface area contributed by atoms with E-state index in [1.165, 1.54) is 49.8 Å². The molecule has 4 heteroatoms. The highest BCUT2D eigenvalue weighted by molar-refractivity contribution is 5.81. The van der Waals surface area contributed by atoms with Crippen LogP contribution in [0.25, 0.3) is 22.3 Å². The maximum Gasteiger partial charge on any atom is 0.144 e. The third-order valence-corrected chi connectivity index (χ3v) is 6.07. The molecule has 4 rings (SSSR count). The summed E-state index contributed by atoms with van der Waals surface area (Å²) in [5.41, 5.74) is 4.84. The highest BCUT2D eigenvalue weighted by Crippen LogP contribution is 2.40. The molecular weight excluding hydrogens is 395 g/mol. The first-order valence-corrected chi connectivity index (χ1v) is 10.9. The molecule has 0 unspecified atom stereocenters. The van der Waals surface area contributed by atoms with Crippen molar-refractivity contribution in [1.29, 1.82) is 5.26 Å². The zero-order chi connectivity index (χ0) is 22.0. The maximum absolute atomic E-state index is 14.9. The Hall–Kier alpha value is -3.06. The zero-order valence-corrected chi connectivity index (χ0v) is 17.6. The summed E-state index contributed by atoms with van der Waals surface area (Å²) in [4.78, 5) is 0. The van der Waals surface area contributed by atoms with Crippen molar-refractivity contribution in [1.82, 2.24) is 0 Å². The normalized spacial score (nSPS) is 11.8. The summed E-state index contributed by atoms with van der Waals surface area (Å²) in [6.45, 7) is 2.21. The molecule has 31 heavy (non-hydrogen) atoms. The van der Waals surface area contributed by atoms with Crippen LogP contribution in [0.5, 0.6) is 0 Å². The number of rotatable bonds is 7. The maximum atomic E-state index is 14.9. The largest absolute Gasteiger partial charge is 0.206 e. The Kier molecular flexibility index (Phi) is 6.13. The molecule has 1 aliphatic rings. The standard InChI is InChI=1S/C27H24F3N/c1-2-3-4-5-6-7-17-8-9-21-18(10-17)11-19-12-23(27(30)15-22(19)21)20-13-25(28)24(16-31)26(29)14-20/h8-10,12-15H,2-7,11H2,1H3. The van der Waals surface area contributed by atoms with Gasteiger partial charge in [0.05, 0.1) is 0 Å². The van der Waals surface area contributed by atoms with Crippen molar-refractivity contribution in [3.8, 4) is 28.3 Å². The van der Waals surface area contributed by atoms with E-state index in [-0.39, 0.29) is 11.1 Å². The highest BCUT2D eigenvalue weighted by atomic mass is 19.1. The van der Waals surface area contributed by atoms with Gasteiger partial charge in [0.1, 0.15) is 29.1 Å². The summed E-state index contributed by atoms with van der Waals surface area (Å²) in [5.74, 6) is -2.50. The van der Waals surface area contributed by atoms with Crippen LogP contribution in [0.3, 0.4) is 0 Å². The van der Waals surface area contributed by atoms with Crippen LogP contribution < -0.4 is 0 Å². The molecule has 1 nitrogen and oxygen atoms in total. The van der Waals surface area contributed by atoms with Crippen molar-refractivity contribution in [3.05, 3.63) is 82.2 Å². The number of hydrogen-bond donors (Lipinski definition) is 0. The van der Waals surface area contributed by atoms with Crippen molar-refractivity contribution in [2.24, 2.45) is 0 Å². The first-order valence-electron chi connectivity index (χ1n) is 10.9. The molecule has 0 spiro atoms. The van der Waals surface area contributed by atoms with Gasteiger partial charge < -0.3 is 0 Å². The number of halogens is 3. The molecule has 3 aromatic carbocycles. The summed E-state index contributed by atoms with van der Waals surface area (Å²) >= 11 is 0. The lowest BCUT2D eigenvalue weighted by atomic mass is 9.97. The molecule has 0 bridgehead atoms. The number of nitriles is 1. The molecule has 0 aromatic heterocycles. The smallest absolute Gasteiger partial charge is 0.144 e. The molecule has 0 N–H and O–H groups in total. The van der Waals surface area contributed by atoms with Crippen molar-refractivity contribution in [3.63, 3.8) is 0 Å². The molecule has 0 saturated carbocycles. The van der Waals surface area contributed by atoms with Gasteiger partial charge in [0.25, 0.3) is 0 Å².